The number of rotatable bonds is 6. The fourth-order valence-corrected chi connectivity index (χ4v) is 6.00. The minimum absolute atomic E-state index is 0.0289. The van der Waals surface area contributed by atoms with Crippen molar-refractivity contribution in [3.63, 3.8) is 0 Å². The Morgan fingerprint density at radius 3 is 2.69 bits per heavy atom. The van der Waals surface area contributed by atoms with E-state index in [2.05, 4.69) is 16.0 Å². The molecule has 2 saturated heterocycles. The normalized spacial score (nSPS) is 26.1. The molecule has 2 aliphatic rings. The van der Waals surface area contributed by atoms with Crippen LogP contribution in [-0.4, -0.2) is 43.4 Å². The quantitative estimate of drug-likeness (QED) is 0.485. The van der Waals surface area contributed by atoms with Crippen LogP contribution in [0.3, 0.4) is 0 Å². The lowest BCUT2D eigenvalue weighted by atomic mass is 10.0. The molecule has 0 bridgehead atoms. The second-order valence-corrected chi connectivity index (χ2v) is 9.62. The number of urea groups is 1. The highest BCUT2D eigenvalue weighted by molar-refractivity contribution is 7.92. The number of carbonyl (C=O) groups excluding carboxylic acids is 2. The summed E-state index contributed by atoms with van der Waals surface area (Å²) in [5.74, 6) is -0.204. The Morgan fingerprint density at radius 2 is 1.96 bits per heavy atom. The van der Waals surface area contributed by atoms with Crippen LogP contribution in [0, 0.1) is 0 Å². The minimum Gasteiger partial charge on any atom is -0.332 e. The molecular formula is C16H19Cl2N3O4S. The first-order valence-corrected chi connectivity index (χ1v) is 10.8. The van der Waals surface area contributed by atoms with Crippen LogP contribution >= 0.6 is 23.2 Å². The Morgan fingerprint density at radius 1 is 1.19 bits per heavy atom. The molecule has 2 fully saturated rings. The number of amides is 3. The van der Waals surface area contributed by atoms with E-state index in [9.17, 15) is 18.0 Å². The first-order valence-electron chi connectivity index (χ1n) is 8.30. The lowest BCUT2D eigenvalue weighted by Gasteiger charge is -2.16. The third-order valence-corrected chi connectivity index (χ3v) is 7.68. The van der Waals surface area contributed by atoms with E-state index < -0.39 is 15.1 Å². The van der Waals surface area contributed by atoms with E-state index >= 15 is 0 Å². The number of halogens is 2. The van der Waals surface area contributed by atoms with E-state index in [4.69, 9.17) is 23.2 Å². The second-order valence-electron chi connectivity index (χ2n) is 6.54. The molecule has 2 aliphatic heterocycles. The van der Waals surface area contributed by atoms with Gasteiger partial charge in [-0.2, -0.15) is 0 Å². The Bertz CT molecular complexity index is 831. The average Bonchev–Trinajstić information content (AvgIpc) is 2.99. The fourth-order valence-electron chi connectivity index (χ4n) is 3.43. The van der Waals surface area contributed by atoms with E-state index in [1.165, 1.54) is 0 Å². The summed E-state index contributed by atoms with van der Waals surface area (Å²) in [4.78, 5) is 23.3. The highest BCUT2D eigenvalue weighted by Crippen LogP contribution is 2.29. The number of fused-ring (bicyclic) bond motifs is 1. The molecule has 1 aromatic rings. The van der Waals surface area contributed by atoms with Crippen molar-refractivity contribution in [2.45, 2.75) is 43.0 Å². The Labute approximate surface area is 161 Å². The van der Waals surface area contributed by atoms with Crippen LogP contribution in [0.25, 0.3) is 0 Å². The molecule has 3 rings (SSSR count). The van der Waals surface area contributed by atoms with Crippen LogP contribution < -0.4 is 16.0 Å². The number of sulfone groups is 1. The first-order chi connectivity index (χ1) is 12.3. The van der Waals surface area contributed by atoms with Crippen LogP contribution in [0.2, 0.25) is 10.0 Å². The van der Waals surface area contributed by atoms with Crippen molar-refractivity contribution in [3.05, 3.63) is 28.2 Å². The molecule has 0 saturated carbocycles. The summed E-state index contributed by atoms with van der Waals surface area (Å²) in [7, 11) is -3.23. The van der Waals surface area contributed by atoms with Gasteiger partial charge >= 0.3 is 6.03 Å². The van der Waals surface area contributed by atoms with Crippen molar-refractivity contribution in [2.75, 3.05) is 11.1 Å². The third kappa shape index (κ3) is 4.24. The van der Waals surface area contributed by atoms with Crippen molar-refractivity contribution >= 4 is 50.7 Å². The third-order valence-electron chi connectivity index (χ3n) is 4.67. The SMILES string of the molecule is O=C(CCCC[C@@H]1[C@@H]2NC(=O)N[C@@H]2CS1(=O)=O)Nc1ccc(Cl)c(Cl)c1. The Hall–Kier alpha value is -1.51. The molecule has 3 N–H and O–H groups in total. The van der Waals surface area contributed by atoms with Gasteiger partial charge in [-0.25, -0.2) is 13.2 Å². The van der Waals surface area contributed by atoms with E-state index in [0.29, 0.717) is 35.0 Å². The van der Waals surface area contributed by atoms with Crippen molar-refractivity contribution in [1.29, 1.82) is 0 Å². The van der Waals surface area contributed by atoms with Gasteiger partial charge in [0.15, 0.2) is 9.84 Å². The monoisotopic (exact) mass is 419 g/mol. The maximum atomic E-state index is 12.2. The molecule has 0 unspecified atom stereocenters. The molecule has 0 aromatic heterocycles. The average molecular weight is 420 g/mol. The van der Waals surface area contributed by atoms with Gasteiger partial charge in [-0.15, -0.1) is 0 Å². The van der Waals surface area contributed by atoms with E-state index in [1.54, 1.807) is 18.2 Å². The number of benzene rings is 1. The first kappa shape index (κ1) is 19.3. The zero-order valence-corrected chi connectivity index (χ0v) is 16.1. The second kappa shape index (κ2) is 7.62. The van der Waals surface area contributed by atoms with Crippen LogP contribution in [0.15, 0.2) is 18.2 Å². The van der Waals surface area contributed by atoms with E-state index in [0.717, 1.165) is 0 Å². The summed E-state index contributed by atoms with van der Waals surface area (Å²) < 4.78 is 24.4. The zero-order chi connectivity index (χ0) is 18.9. The highest BCUT2D eigenvalue weighted by atomic mass is 35.5. The molecular weight excluding hydrogens is 401 g/mol. The van der Waals surface area contributed by atoms with Crippen LogP contribution in [-0.2, 0) is 14.6 Å². The topological polar surface area (TPSA) is 104 Å². The van der Waals surface area contributed by atoms with Crippen molar-refractivity contribution in [3.8, 4) is 0 Å². The molecule has 0 aliphatic carbocycles. The summed E-state index contributed by atoms with van der Waals surface area (Å²) in [6.07, 6.45) is 1.83. The number of unbranched alkanes of at least 4 members (excludes halogenated alkanes) is 1. The van der Waals surface area contributed by atoms with Gasteiger partial charge in [0.1, 0.15) is 0 Å². The molecule has 142 valence electrons. The fraction of sp³-hybridized carbons (Fsp3) is 0.500. The van der Waals surface area contributed by atoms with Gasteiger partial charge in [0.05, 0.1) is 33.1 Å². The highest BCUT2D eigenvalue weighted by Gasteiger charge is 2.51. The summed E-state index contributed by atoms with van der Waals surface area (Å²) in [5.41, 5.74) is 0.561. The molecule has 3 amide bonds. The standard InChI is InChI=1S/C16H19Cl2N3O4S/c17-10-6-5-9(7-11(10)18)19-14(22)4-2-1-3-13-15-12(8-26(13,24)25)20-16(23)21-15/h5-7,12-13,15H,1-4,8H2,(H,19,22)(H2,20,21,23)/t12-,13-,15-/m1/s1. The van der Waals surface area contributed by atoms with Crippen molar-refractivity contribution < 1.29 is 18.0 Å². The summed E-state index contributed by atoms with van der Waals surface area (Å²) in [6, 6.07) is 3.79. The van der Waals surface area contributed by atoms with E-state index in [-0.39, 0.29) is 36.2 Å². The molecule has 7 nitrogen and oxygen atoms in total. The Balaban J connectivity index is 1.45. The lowest BCUT2D eigenvalue weighted by Crippen LogP contribution is -2.39. The lowest BCUT2D eigenvalue weighted by molar-refractivity contribution is -0.116. The number of nitrogens with one attached hydrogen (secondary N) is 3. The molecule has 26 heavy (non-hydrogen) atoms. The van der Waals surface area contributed by atoms with Crippen LogP contribution in [0.4, 0.5) is 10.5 Å². The van der Waals surface area contributed by atoms with Crippen LogP contribution in [0.5, 0.6) is 0 Å². The maximum Gasteiger partial charge on any atom is 0.315 e. The number of anilines is 1. The van der Waals surface area contributed by atoms with Gasteiger partial charge in [-0.05, 0) is 31.0 Å². The molecule has 3 atom stereocenters. The Kier molecular flexibility index (Phi) is 5.64. The zero-order valence-electron chi connectivity index (χ0n) is 13.8. The molecule has 0 spiro atoms. The van der Waals surface area contributed by atoms with Gasteiger partial charge in [0.2, 0.25) is 5.91 Å². The predicted molar refractivity (Wildman–Crippen MR) is 100 cm³/mol. The number of carbonyl (C=O) groups is 2. The minimum atomic E-state index is -3.23. The summed E-state index contributed by atoms with van der Waals surface area (Å²) in [5, 5.41) is 8.22. The number of hydrogen-bond donors (Lipinski definition) is 3. The van der Waals surface area contributed by atoms with Crippen molar-refractivity contribution in [2.24, 2.45) is 0 Å². The molecule has 0 radical (unpaired) electrons. The van der Waals surface area contributed by atoms with Gasteiger partial charge in [0.25, 0.3) is 0 Å². The largest absolute Gasteiger partial charge is 0.332 e. The molecule has 10 heteroatoms. The summed E-state index contributed by atoms with van der Waals surface area (Å²) >= 11 is 11.7. The predicted octanol–water partition coefficient (Wildman–Crippen LogP) is 2.34. The van der Waals surface area contributed by atoms with E-state index in [1.807, 2.05) is 0 Å². The van der Waals surface area contributed by atoms with Crippen LogP contribution in [0.1, 0.15) is 25.7 Å². The van der Waals surface area contributed by atoms with Crippen molar-refractivity contribution in [1.82, 2.24) is 10.6 Å². The summed E-state index contributed by atoms with van der Waals surface area (Å²) in [6.45, 7) is 0. The molecule has 1 aromatic carbocycles. The maximum absolute atomic E-state index is 12.2. The van der Waals surface area contributed by atoms with Gasteiger partial charge < -0.3 is 16.0 Å². The van der Waals surface area contributed by atoms with Gasteiger partial charge in [-0.1, -0.05) is 29.6 Å². The van der Waals surface area contributed by atoms with Gasteiger partial charge in [0, 0.05) is 12.1 Å². The van der Waals surface area contributed by atoms with Gasteiger partial charge in [-0.3, -0.25) is 4.79 Å². The molecule has 2 heterocycles. The number of hydrogen-bond acceptors (Lipinski definition) is 4. The smallest absolute Gasteiger partial charge is 0.315 e.